The van der Waals surface area contributed by atoms with E-state index < -0.39 is 0 Å². The molecule has 1 aromatic heterocycles. The van der Waals surface area contributed by atoms with Crippen LogP contribution < -0.4 is 5.32 Å². The lowest BCUT2D eigenvalue weighted by Crippen LogP contribution is -2.34. The zero-order valence-corrected chi connectivity index (χ0v) is 12.7. The molecule has 0 aromatic carbocycles. The average Bonchev–Trinajstić information content (AvgIpc) is 2.85. The fraction of sp³-hybridized carbons (Fsp3) is 0.846. The van der Waals surface area contributed by atoms with Crippen molar-refractivity contribution >= 4 is 16.7 Å². The van der Waals surface area contributed by atoms with Gasteiger partial charge in [0.25, 0.3) is 0 Å². The van der Waals surface area contributed by atoms with Crippen LogP contribution in [0.3, 0.4) is 0 Å². The Balaban J connectivity index is 1.58. The third kappa shape index (κ3) is 5.04. The van der Waals surface area contributed by atoms with Gasteiger partial charge in [-0.2, -0.15) is 4.37 Å². The Morgan fingerprint density at radius 2 is 2.21 bits per heavy atom. The molecular weight excluding hydrogens is 260 g/mol. The molecule has 0 saturated carbocycles. The topological polar surface area (TPSA) is 50.3 Å². The number of ether oxygens (including phenoxy) is 1. The lowest BCUT2D eigenvalue weighted by atomic mass is 9.99. The summed E-state index contributed by atoms with van der Waals surface area (Å²) < 4.78 is 9.22. The van der Waals surface area contributed by atoms with Crippen molar-refractivity contribution in [2.24, 2.45) is 5.92 Å². The van der Waals surface area contributed by atoms with Crippen molar-refractivity contribution in [3.05, 3.63) is 5.82 Å². The fourth-order valence-corrected chi connectivity index (χ4v) is 2.90. The highest BCUT2D eigenvalue weighted by Gasteiger charge is 2.14. The van der Waals surface area contributed by atoms with E-state index >= 15 is 0 Å². The molecule has 0 atom stereocenters. The number of anilines is 1. The van der Waals surface area contributed by atoms with E-state index in [9.17, 15) is 0 Å². The van der Waals surface area contributed by atoms with Gasteiger partial charge in [-0.15, -0.1) is 0 Å². The molecule has 0 amide bonds. The summed E-state index contributed by atoms with van der Waals surface area (Å²) in [6.45, 7) is 7.52. The highest BCUT2D eigenvalue weighted by atomic mass is 32.1. The molecule has 0 spiro atoms. The first kappa shape index (κ1) is 14.7. The molecular formula is C13H24N4OS. The van der Waals surface area contributed by atoms with E-state index in [4.69, 9.17) is 4.74 Å². The zero-order valence-electron chi connectivity index (χ0n) is 11.9. The molecule has 0 aliphatic carbocycles. The van der Waals surface area contributed by atoms with Gasteiger partial charge in [-0.05, 0) is 44.8 Å². The number of aromatic nitrogens is 2. The molecule has 0 bridgehead atoms. The van der Waals surface area contributed by atoms with Crippen molar-refractivity contribution in [2.75, 3.05) is 38.6 Å². The molecule has 6 heteroatoms. The van der Waals surface area contributed by atoms with Crippen LogP contribution in [0, 0.1) is 5.92 Å². The van der Waals surface area contributed by atoms with Gasteiger partial charge in [-0.25, -0.2) is 4.98 Å². The summed E-state index contributed by atoms with van der Waals surface area (Å²) in [5.74, 6) is 1.68. The van der Waals surface area contributed by atoms with E-state index in [0.29, 0.717) is 6.61 Å². The SMILES string of the molecule is COCc1nsc(NCCCN2CCC(C)CC2)n1. The molecule has 1 aliphatic heterocycles. The van der Waals surface area contributed by atoms with Gasteiger partial charge in [0.05, 0.1) is 0 Å². The Hall–Kier alpha value is -0.720. The van der Waals surface area contributed by atoms with Gasteiger partial charge in [0.1, 0.15) is 6.61 Å². The quantitative estimate of drug-likeness (QED) is 0.778. The van der Waals surface area contributed by atoms with Crippen LogP contribution in [0.1, 0.15) is 32.0 Å². The first-order valence-electron chi connectivity index (χ1n) is 7.05. The maximum absolute atomic E-state index is 5.00. The molecule has 1 aromatic rings. The van der Waals surface area contributed by atoms with Crippen molar-refractivity contribution in [2.45, 2.75) is 32.8 Å². The molecule has 5 nitrogen and oxygen atoms in total. The van der Waals surface area contributed by atoms with E-state index in [0.717, 1.165) is 29.8 Å². The number of piperidine rings is 1. The maximum atomic E-state index is 5.00. The van der Waals surface area contributed by atoms with Gasteiger partial charge in [0.15, 0.2) is 5.82 Å². The molecule has 2 heterocycles. The van der Waals surface area contributed by atoms with Crippen LogP contribution in [0.4, 0.5) is 5.13 Å². The minimum Gasteiger partial charge on any atom is -0.377 e. The number of nitrogens with zero attached hydrogens (tertiary/aromatic N) is 3. The average molecular weight is 284 g/mol. The molecule has 1 N–H and O–H groups in total. The lowest BCUT2D eigenvalue weighted by molar-refractivity contribution is 0.179. The van der Waals surface area contributed by atoms with Gasteiger partial charge in [-0.3, -0.25) is 0 Å². The third-order valence-corrected chi connectivity index (χ3v) is 4.26. The third-order valence-electron chi connectivity index (χ3n) is 3.55. The number of rotatable bonds is 7. The van der Waals surface area contributed by atoms with Crippen LogP contribution in [0.5, 0.6) is 0 Å². The fourth-order valence-electron chi connectivity index (χ4n) is 2.30. The molecule has 1 fully saturated rings. The Morgan fingerprint density at radius 1 is 1.42 bits per heavy atom. The highest BCUT2D eigenvalue weighted by Crippen LogP contribution is 2.16. The van der Waals surface area contributed by atoms with Crippen molar-refractivity contribution in [3.63, 3.8) is 0 Å². The molecule has 2 rings (SSSR count). The minimum absolute atomic E-state index is 0.490. The lowest BCUT2D eigenvalue weighted by Gasteiger charge is -2.30. The summed E-state index contributed by atoms with van der Waals surface area (Å²) in [7, 11) is 1.66. The smallest absolute Gasteiger partial charge is 0.202 e. The Kier molecular flexibility index (Phi) is 6.00. The maximum Gasteiger partial charge on any atom is 0.202 e. The molecule has 108 valence electrons. The largest absolute Gasteiger partial charge is 0.377 e. The van der Waals surface area contributed by atoms with Crippen molar-refractivity contribution in [1.29, 1.82) is 0 Å². The number of hydrogen-bond acceptors (Lipinski definition) is 6. The van der Waals surface area contributed by atoms with Crippen LogP contribution in [-0.4, -0.2) is 47.5 Å². The first-order valence-corrected chi connectivity index (χ1v) is 7.83. The first-order chi connectivity index (χ1) is 9.28. The summed E-state index contributed by atoms with van der Waals surface area (Å²) in [5.41, 5.74) is 0. The van der Waals surface area contributed by atoms with Crippen LogP contribution in [-0.2, 0) is 11.3 Å². The van der Waals surface area contributed by atoms with Gasteiger partial charge in [0.2, 0.25) is 5.13 Å². The van der Waals surface area contributed by atoms with Crippen LogP contribution in [0.2, 0.25) is 0 Å². The van der Waals surface area contributed by atoms with Crippen molar-refractivity contribution in [1.82, 2.24) is 14.3 Å². The summed E-state index contributed by atoms with van der Waals surface area (Å²) in [6.07, 6.45) is 3.86. The second-order valence-electron chi connectivity index (χ2n) is 5.25. The van der Waals surface area contributed by atoms with Crippen molar-refractivity contribution < 1.29 is 4.74 Å². The number of nitrogens with one attached hydrogen (secondary N) is 1. The Bertz CT molecular complexity index is 363. The Labute approximate surface area is 119 Å². The standard InChI is InChI=1S/C13H24N4OS/c1-11-4-8-17(9-5-11)7-3-6-14-13-15-12(10-18-2)16-19-13/h11H,3-10H2,1-2H3,(H,14,15,16). The summed E-state index contributed by atoms with van der Waals surface area (Å²) in [5, 5.41) is 4.24. The minimum atomic E-state index is 0.490. The van der Waals surface area contributed by atoms with Crippen LogP contribution >= 0.6 is 11.5 Å². The van der Waals surface area contributed by atoms with Gasteiger partial charge in [-0.1, -0.05) is 6.92 Å². The number of hydrogen-bond donors (Lipinski definition) is 1. The summed E-state index contributed by atoms with van der Waals surface area (Å²) in [6, 6.07) is 0. The number of methoxy groups -OCH3 is 1. The van der Waals surface area contributed by atoms with E-state index in [2.05, 4.69) is 26.5 Å². The Morgan fingerprint density at radius 3 is 2.95 bits per heavy atom. The van der Waals surface area contributed by atoms with Gasteiger partial charge in [0, 0.05) is 25.2 Å². The molecule has 1 aliphatic rings. The second kappa shape index (κ2) is 7.77. The summed E-state index contributed by atoms with van der Waals surface area (Å²) in [4.78, 5) is 6.92. The predicted molar refractivity (Wildman–Crippen MR) is 78.6 cm³/mol. The van der Waals surface area contributed by atoms with Crippen LogP contribution in [0.25, 0.3) is 0 Å². The predicted octanol–water partition coefficient (Wildman–Crippen LogP) is 2.22. The monoisotopic (exact) mass is 284 g/mol. The van der Waals surface area contributed by atoms with E-state index in [-0.39, 0.29) is 0 Å². The highest BCUT2D eigenvalue weighted by molar-refractivity contribution is 7.09. The zero-order chi connectivity index (χ0) is 13.5. The van der Waals surface area contributed by atoms with Crippen molar-refractivity contribution in [3.8, 4) is 0 Å². The molecule has 0 unspecified atom stereocenters. The summed E-state index contributed by atoms with van der Waals surface area (Å²) >= 11 is 1.41. The second-order valence-corrected chi connectivity index (χ2v) is 6.01. The van der Waals surface area contributed by atoms with E-state index in [1.165, 1.54) is 44.0 Å². The van der Waals surface area contributed by atoms with E-state index in [1.54, 1.807) is 7.11 Å². The molecule has 0 radical (unpaired) electrons. The van der Waals surface area contributed by atoms with E-state index in [1.807, 2.05) is 0 Å². The van der Waals surface area contributed by atoms with Gasteiger partial charge >= 0.3 is 0 Å². The molecule has 19 heavy (non-hydrogen) atoms. The molecule has 1 saturated heterocycles. The van der Waals surface area contributed by atoms with Crippen LogP contribution in [0.15, 0.2) is 0 Å². The number of likely N-dealkylation sites (tertiary alicyclic amines) is 1. The van der Waals surface area contributed by atoms with Gasteiger partial charge < -0.3 is 15.0 Å². The normalized spacial score (nSPS) is 17.8.